The van der Waals surface area contributed by atoms with Gasteiger partial charge in [-0.05, 0) is 68.1 Å². The van der Waals surface area contributed by atoms with Crippen molar-refractivity contribution in [2.75, 3.05) is 0 Å². The number of aliphatic carboxylic acids is 1. The SMILES string of the molecule is CCc1nc2cc(C)c(C)cc2n1-c1ccc(C(C)(CC)C(=O)O)cc1. The number of rotatable bonds is 5. The highest BCUT2D eigenvalue weighted by Crippen LogP contribution is 2.30. The van der Waals surface area contributed by atoms with E-state index < -0.39 is 11.4 Å². The fourth-order valence-electron chi connectivity index (χ4n) is 3.36. The van der Waals surface area contributed by atoms with Crippen molar-refractivity contribution in [1.82, 2.24) is 9.55 Å². The summed E-state index contributed by atoms with van der Waals surface area (Å²) in [6.45, 7) is 10.0. The Morgan fingerprint density at radius 2 is 1.73 bits per heavy atom. The number of carbonyl (C=O) groups is 1. The zero-order valence-electron chi connectivity index (χ0n) is 16.1. The first-order valence-corrected chi connectivity index (χ1v) is 9.14. The van der Waals surface area contributed by atoms with Gasteiger partial charge in [0.15, 0.2) is 0 Å². The molecule has 136 valence electrons. The van der Waals surface area contributed by atoms with Gasteiger partial charge in [-0.3, -0.25) is 9.36 Å². The van der Waals surface area contributed by atoms with Gasteiger partial charge in [0.1, 0.15) is 5.82 Å². The second kappa shape index (κ2) is 6.60. The molecule has 1 heterocycles. The maximum Gasteiger partial charge on any atom is 0.313 e. The number of aromatic nitrogens is 2. The first-order chi connectivity index (χ1) is 12.3. The molecule has 0 aliphatic rings. The second-order valence-electron chi connectivity index (χ2n) is 7.18. The number of aryl methyl sites for hydroxylation is 3. The van der Waals surface area contributed by atoms with Crippen LogP contribution in [-0.4, -0.2) is 20.6 Å². The Kier molecular flexibility index (Phi) is 4.61. The molecule has 4 heteroatoms. The molecule has 0 bridgehead atoms. The fraction of sp³-hybridized carbons (Fsp3) is 0.364. The molecule has 0 fully saturated rings. The van der Waals surface area contributed by atoms with Crippen molar-refractivity contribution in [2.24, 2.45) is 0 Å². The van der Waals surface area contributed by atoms with Crippen LogP contribution in [0.5, 0.6) is 0 Å². The number of imidazole rings is 1. The average molecular weight is 350 g/mol. The maximum atomic E-state index is 11.7. The van der Waals surface area contributed by atoms with E-state index in [1.165, 1.54) is 11.1 Å². The van der Waals surface area contributed by atoms with Gasteiger partial charge in [-0.1, -0.05) is 26.0 Å². The predicted octanol–water partition coefficient (Wildman–Crippen LogP) is 4.96. The van der Waals surface area contributed by atoms with Crippen molar-refractivity contribution >= 4 is 17.0 Å². The minimum Gasteiger partial charge on any atom is -0.481 e. The van der Waals surface area contributed by atoms with Crippen molar-refractivity contribution in [3.05, 3.63) is 58.9 Å². The molecule has 0 aliphatic heterocycles. The van der Waals surface area contributed by atoms with Gasteiger partial charge in [0, 0.05) is 12.1 Å². The summed E-state index contributed by atoms with van der Waals surface area (Å²) in [6.07, 6.45) is 1.38. The van der Waals surface area contributed by atoms with Gasteiger partial charge >= 0.3 is 5.97 Å². The Morgan fingerprint density at radius 1 is 1.12 bits per heavy atom. The summed E-state index contributed by atoms with van der Waals surface area (Å²) in [4.78, 5) is 16.5. The van der Waals surface area contributed by atoms with Crippen LogP contribution in [-0.2, 0) is 16.6 Å². The van der Waals surface area contributed by atoms with Gasteiger partial charge in [0.2, 0.25) is 0 Å². The Balaban J connectivity index is 2.15. The molecule has 0 amide bonds. The number of hydrogen-bond acceptors (Lipinski definition) is 2. The van der Waals surface area contributed by atoms with Crippen LogP contribution in [0.1, 0.15) is 49.7 Å². The Bertz CT molecular complexity index is 970. The minimum atomic E-state index is -0.864. The molecule has 2 aromatic carbocycles. The van der Waals surface area contributed by atoms with Crippen molar-refractivity contribution in [3.8, 4) is 5.69 Å². The number of hydrogen-bond donors (Lipinski definition) is 1. The van der Waals surface area contributed by atoms with Crippen LogP contribution in [0.25, 0.3) is 16.7 Å². The highest BCUT2D eigenvalue weighted by Gasteiger charge is 2.33. The van der Waals surface area contributed by atoms with Crippen molar-refractivity contribution in [3.63, 3.8) is 0 Å². The van der Waals surface area contributed by atoms with E-state index in [1.54, 1.807) is 6.92 Å². The molecule has 26 heavy (non-hydrogen) atoms. The average Bonchev–Trinajstić information content (AvgIpc) is 2.98. The summed E-state index contributed by atoms with van der Waals surface area (Å²) in [5.41, 5.74) is 5.54. The Hall–Kier alpha value is -2.62. The molecule has 1 atom stereocenters. The molecule has 0 spiro atoms. The quantitative estimate of drug-likeness (QED) is 0.708. The van der Waals surface area contributed by atoms with Gasteiger partial charge < -0.3 is 5.11 Å². The monoisotopic (exact) mass is 350 g/mol. The van der Waals surface area contributed by atoms with Crippen LogP contribution in [0.4, 0.5) is 0 Å². The molecule has 1 aromatic heterocycles. The third kappa shape index (κ3) is 2.79. The lowest BCUT2D eigenvalue weighted by Crippen LogP contribution is -2.31. The number of nitrogens with zero attached hydrogens (tertiary/aromatic N) is 2. The van der Waals surface area contributed by atoms with Gasteiger partial charge in [-0.15, -0.1) is 0 Å². The summed E-state index contributed by atoms with van der Waals surface area (Å²) in [5, 5.41) is 9.60. The Morgan fingerprint density at radius 3 is 2.27 bits per heavy atom. The van der Waals surface area contributed by atoms with E-state index in [0.717, 1.165) is 34.5 Å². The largest absolute Gasteiger partial charge is 0.481 e. The molecule has 1 unspecified atom stereocenters. The molecule has 3 rings (SSSR count). The second-order valence-corrected chi connectivity index (χ2v) is 7.18. The lowest BCUT2D eigenvalue weighted by Gasteiger charge is -2.24. The third-order valence-electron chi connectivity index (χ3n) is 5.60. The van der Waals surface area contributed by atoms with E-state index in [0.29, 0.717) is 6.42 Å². The van der Waals surface area contributed by atoms with E-state index in [2.05, 4.69) is 37.5 Å². The van der Waals surface area contributed by atoms with Crippen LogP contribution >= 0.6 is 0 Å². The van der Waals surface area contributed by atoms with Gasteiger partial charge in [0.25, 0.3) is 0 Å². The normalized spacial score (nSPS) is 13.7. The van der Waals surface area contributed by atoms with Gasteiger partial charge in [0.05, 0.1) is 16.4 Å². The van der Waals surface area contributed by atoms with Crippen LogP contribution in [0.15, 0.2) is 36.4 Å². The van der Waals surface area contributed by atoms with Crippen LogP contribution < -0.4 is 0 Å². The zero-order chi connectivity index (χ0) is 19.1. The summed E-state index contributed by atoms with van der Waals surface area (Å²) >= 11 is 0. The fourth-order valence-corrected chi connectivity index (χ4v) is 3.36. The van der Waals surface area contributed by atoms with E-state index in [-0.39, 0.29) is 0 Å². The van der Waals surface area contributed by atoms with Crippen LogP contribution in [0, 0.1) is 13.8 Å². The van der Waals surface area contributed by atoms with Gasteiger partial charge in [-0.2, -0.15) is 0 Å². The zero-order valence-corrected chi connectivity index (χ0v) is 16.1. The number of benzene rings is 2. The minimum absolute atomic E-state index is 0.550. The smallest absolute Gasteiger partial charge is 0.313 e. The van der Waals surface area contributed by atoms with E-state index in [9.17, 15) is 9.90 Å². The topological polar surface area (TPSA) is 55.1 Å². The predicted molar refractivity (Wildman–Crippen MR) is 105 cm³/mol. The summed E-state index contributed by atoms with van der Waals surface area (Å²) in [6, 6.07) is 12.2. The van der Waals surface area contributed by atoms with E-state index >= 15 is 0 Å². The third-order valence-corrected chi connectivity index (χ3v) is 5.60. The van der Waals surface area contributed by atoms with Crippen LogP contribution in [0.2, 0.25) is 0 Å². The number of carboxylic acid groups (broad SMARTS) is 1. The molecule has 1 N–H and O–H groups in total. The molecule has 4 nitrogen and oxygen atoms in total. The first-order valence-electron chi connectivity index (χ1n) is 9.14. The highest BCUT2D eigenvalue weighted by atomic mass is 16.4. The summed E-state index contributed by atoms with van der Waals surface area (Å²) < 4.78 is 2.18. The molecule has 0 saturated heterocycles. The maximum absolute atomic E-state index is 11.7. The summed E-state index contributed by atoms with van der Waals surface area (Å²) in [7, 11) is 0. The highest BCUT2D eigenvalue weighted by molar-refractivity contribution is 5.82. The number of fused-ring (bicyclic) bond motifs is 1. The first kappa shape index (κ1) is 18.2. The van der Waals surface area contributed by atoms with Gasteiger partial charge in [-0.25, -0.2) is 4.98 Å². The van der Waals surface area contributed by atoms with E-state index in [1.807, 2.05) is 31.2 Å². The van der Waals surface area contributed by atoms with Crippen molar-refractivity contribution < 1.29 is 9.90 Å². The molecular formula is C22H26N2O2. The summed E-state index contributed by atoms with van der Waals surface area (Å²) in [5.74, 6) is 0.218. The Labute approximate surface area is 154 Å². The standard InChI is InChI=1S/C22H26N2O2/c1-6-20-23-18-12-14(3)15(4)13-19(18)24(20)17-10-8-16(9-11-17)22(5,7-2)21(25)26/h8-13H,6-7H2,1-5H3,(H,25,26). The van der Waals surface area contributed by atoms with E-state index in [4.69, 9.17) is 4.98 Å². The molecule has 0 radical (unpaired) electrons. The molecule has 0 saturated carbocycles. The number of carboxylic acids is 1. The molecule has 3 aromatic rings. The molecular weight excluding hydrogens is 324 g/mol. The lowest BCUT2D eigenvalue weighted by molar-refractivity contribution is -0.143. The molecule has 0 aliphatic carbocycles. The van der Waals surface area contributed by atoms with Crippen molar-refractivity contribution in [1.29, 1.82) is 0 Å². The lowest BCUT2D eigenvalue weighted by atomic mass is 9.80. The van der Waals surface area contributed by atoms with Crippen molar-refractivity contribution in [2.45, 2.75) is 52.9 Å². The van der Waals surface area contributed by atoms with Crippen LogP contribution in [0.3, 0.4) is 0 Å².